The van der Waals surface area contributed by atoms with Crippen LogP contribution >= 0.6 is 27.5 Å². The maximum Gasteiger partial charge on any atom is 0.257 e. The fraction of sp³-hybridized carbons (Fsp3) is 0. The predicted molar refractivity (Wildman–Crippen MR) is 77.9 cm³/mol. The van der Waals surface area contributed by atoms with E-state index in [9.17, 15) is 9.18 Å². The molecule has 1 amide bonds. The molecule has 2 aromatic carbocycles. The molecule has 6 heteroatoms. The average Bonchev–Trinajstić information content (AvgIpc) is 2.37. The van der Waals surface area contributed by atoms with E-state index in [1.165, 1.54) is 18.2 Å². The van der Waals surface area contributed by atoms with Crippen LogP contribution in [0.5, 0.6) is 0 Å². The van der Waals surface area contributed by atoms with Crippen molar-refractivity contribution in [3.8, 4) is 0 Å². The lowest BCUT2D eigenvalue weighted by Gasteiger charge is -2.10. The van der Waals surface area contributed by atoms with E-state index < -0.39 is 11.7 Å². The van der Waals surface area contributed by atoms with Gasteiger partial charge in [0.25, 0.3) is 5.91 Å². The van der Waals surface area contributed by atoms with Crippen LogP contribution < -0.4 is 11.1 Å². The van der Waals surface area contributed by atoms with Crippen molar-refractivity contribution in [3.05, 3.63) is 57.3 Å². The molecule has 0 unspecified atom stereocenters. The van der Waals surface area contributed by atoms with Crippen molar-refractivity contribution in [3.63, 3.8) is 0 Å². The van der Waals surface area contributed by atoms with Gasteiger partial charge < -0.3 is 11.1 Å². The molecule has 0 aliphatic carbocycles. The van der Waals surface area contributed by atoms with Gasteiger partial charge in [-0.25, -0.2) is 4.39 Å². The second-order valence-electron chi connectivity index (χ2n) is 3.78. The molecule has 0 aliphatic rings. The standard InChI is InChI=1S/C13H9BrClFN2O/c14-7-4-5-9(15)8(6-7)13(19)18-12-10(16)2-1-3-11(12)17/h1-6H,17H2,(H,18,19). The summed E-state index contributed by atoms with van der Waals surface area (Å²) in [6.45, 7) is 0. The van der Waals surface area contributed by atoms with E-state index in [4.69, 9.17) is 17.3 Å². The highest BCUT2D eigenvalue weighted by molar-refractivity contribution is 9.10. The summed E-state index contributed by atoms with van der Waals surface area (Å²) >= 11 is 9.17. The average molecular weight is 344 g/mol. The zero-order valence-electron chi connectivity index (χ0n) is 9.58. The summed E-state index contributed by atoms with van der Waals surface area (Å²) in [5.41, 5.74) is 5.95. The van der Waals surface area contributed by atoms with Crippen LogP contribution in [0.15, 0.2) is 40.9 Å². The lowest BCUT2D eigenvalue weighted by atomic mass is 10.2. The molecule has 2 aromatic rings. The van der Waals surface area contributed by atoms with Crippen LogP contribution in [0.25, 0.3) is 0 Å². The van der Waals surface area contributed by atoms with Crippen LogP contribution in [0.4, 0.5) is 15.8 Å². The minimum absolute atomic E-state index is 0.0523. The van der Waals surface area contributed by atoms with Gasteiger partial charge in [0.15, 0.2) is 0 Å². The molecular formula is C13H9BrClFN2O. The van der Waals surface area contributed by atoms with Crippen LogP contribution in [0.2, 0.25) is 5.02 Å². The maximum absolute atomic E-state index is 13.6. The Morgan fingerprint density at radius 2 is 2.05 bits per heavy atom. The molecule has 2 rings (SSSR count). The molecule has 3 N–H and O–H groups in total. The summed E-state index contributed by atoms with van der Waals surface area (Å²) in [5, 5.41) is 2.69. The van der Waals surface area contributed by atoms with Crippen LogP contribution in [-0.2, 0) is 0 Å². The zero-order chi connectivity index (χ0) is 14.0. The summed E-state index contributed by atoms with van der Waals surface area (Å²) in [6.07, 6.45) is 0. The number of anilines is 2. The van der Waals surface area contributed by atoms with Crippen LogP contribution in [0.3, 0.4) is 0 Å². The van der Waals surface area contributed by atoms with Gasteiger partial charge in [-0.1, -0.05) is 33.6 Å². The molecule has 0 radical (unpaired) electrons. The summed E-state index contributed by atoms with van der Waals surface area (Å²) in [5.74, 6) is -1.12. The Labute approximate surface area is 122 Å². The molecule has 0 saturated carbocycles. The largest absolute Gasteiger partial charge is 0.397 e. The molecule has 0 atom stereocenters. The normalized spacial score (nSPS) is 10.3. The van der Waals surface area contributed by atoms with Crippen molar-refractivity contribution < 1.29 is 9.18 Å². The fourth-order valence-electron chi connectivity index (χ4n) is 1.53. The smallest absolute Gasteiger partial charge is 0.257 e. The number of benzene rings is 2. The van der Waals surface area contributed by atoms with Gasteiger partial charge in [-0.3, -0.25) is 4.79 Å². The Kier molecular flexibility index (Phi) is 4.07. The number of carbonyl (C=O) groups excluding carboxylic acids is 1. The Morgan fingerprint density at radius 3 is 2.74 bits per heavy atom. The third-order valence-corrected chi connectivity index (χ3v) is 3.28. The number of nitrogen functional groups attached to an aromatic ring is 1. The molecule has 3 nitrogen and oxygen atoms in total. The molecule has 19 heavy (non-hydrogen) atoms. The van der Waals surface area contributed by atoms with Crippen molar-refractivity contribution in [2.24, 2.45) is 0 Å². The Morgan fingerprint density at radius 1 is 1.32 bits per heavy atom. The molecule has 0 aromatic heterocycles. The highest BCUT2D eigenvalue weighted by Crippen LogP contribution is 2.25. The quantitative estimate of drug-likeness (QED) is 0.807. The van der Waals surface area contributed by atoms with Crippen molar-refractivity contribution in [2.45, 2.75) is 0 Å². The molecule has 98 valence electrons. The number of halogens is 3. The van der Waals surface area contributed by atoms with Crippen molar-refractivity contribution in [2.75, 3.05) is 11.1 Å². The molecule has 0 saturated heterocycles. The molecule has 0 fully saturated rings. The maximum atomic E-state index is 13.6. The first kappa shape index (κ1) is 13.8. The topological polar surface area (TPSA) is 55.1 Å². The molecular weight excluding hydrogens is 335 g/mol. The SMILES string of the molecule is Nc1cccc(F)c1NC(=O)c1cc(Br)ccc1Cl. The first-order valence-electron chi connectivity index (χ1n) is 5.29. The van der Waals surface area contributed by atoms with E-state index in [2.05, 4.69) is 21.2 Å². The van der Waals surface area contributed by atoms with E-state index in [-0.39, 0.29) is 22.0 Å². The van der Waals surface area contributed by atoms with Gasteiger partial charge in [-0.05, 0) is 30.3 Å². The second kappa shape index (κ2) is 5.59. The van der Waals surface area contributed by atoms with E-state index in [0.717, 1.165) is 0 Å². The Bertz CT molecular complexity index is 628. The zero-order valence-corrected chi connectivity index (χ0v) is 11.9. The molecule has 0 aliphatic heterocycles. The number of nitrogens with one attached hydrogen (secondary N) is 1. The summed E-state index contributed by atoms with van der Waals surface area (Å²) in [6, 6.07) is 9.01. The van der Waals surface area contributed by atoms with Gasteiger partial charge in [0.2, 0.25) is 0 Å². The molecule has 0 spiro atoms. The van der Waals surface area contributed by atoms with Crippen molar-refractivity contribution >= 4 is 44.8 Å². The number of rotatable bonds is 2. The van der Waals surface area contributed by atoms with Crippen molar-refractivity contribution in [1.29, 1.82) is 0 Å². The van der Waals surface area contributed by atoms with Gasteiger partial charge >= 0.3 is 0 Å². The van der Waals surface area contributed by atoms with Crippen LogP contribution in [0.1, 0.15) is 10.4 Å². The number of hydrogen-bond acceptors (Lipinski definition) is 2. The summed E-state index contributed by atoms with van der Waals surface area (Å²) < 4.78 is 14.3. The molecule has 0 heterocycles. The third kappa shape index (κ3) is 3.05. The first-order chi connectivity index (χ1) is 8.99. The van der Waals surface area contributed by atoms with Gasteiger partial charge in [0, 0.05) is 4.47 Å². The first-order valence-corrected chi connectivity index (χ1v) is 6.46. The van der Waals surface area contributed by atoms with Gasteiger partial charge in [0.1, 0.15) is 11.5 Å². The van der Waals surface area contributed by atoms with E-state index in [0.29, 0.717) is 4.47 Å². The van der Waals surface area contributed by atoms with E-state index >= 15 is 0 Å². The van der Waals surface area contributed by atoms with Gasteiger partial charge in [0.05, 0.1) is 16.3 Å². The van der Waals surface area contributed by atoms with Crippen molar-refractivity contribution in [1.82, 2.24) is 0 Å². The number of amides is 1. The van der Waals surface area contributed by atoms with Crippen LogP contribution in [-0.4, -0.2) is 5.91 Å². The number of hydrogen-bond donors (Lipinski definition) is 2. The highest BCUT2D eigenvalue weighted by atomic mass is 79.9. The minimum atomic E-state index is -0.598. The third-order valence-electron chi connectivity index (χ3n) is 2.46. The summed E-state index contributed by atoms with van der Waals surface area (Å²) in [7, 11) is 0. The Balaban J connectivity index is 2.34. The fourth-order valence-corrected chi connectivity index (χ4v) is 2.09. The summed E-state index contributed by atoms with van der Waals surface area (Å²) in [4.78, 5) is 12.1. The van der Waals surface area contributed by atoms with Gasteiger partial charge in [-0.2, -0.15) is 0 Å². The lowest BCUT2D eigenvalue weighted by molar-refractivity contribution is 0.102. The lowest BCUT2D eigenvalue weighted by Crippen LogP contribution is -2.15. The number of para-hydroxylation sites is 1. The van der Waals surface area contributed by atoms with Crippen LogP contribution in [0, 0.1) is 5.82 Å². The second-order valence-corrected chi connectivity index (χ2v) is 5.11. The highest BCUT2D eigenvalue weighted by Gasteiger charge is 2.14. The predicted octanol–water partition coefficient (Wildman–Crippen LogP) is 4.08. The minimum Gasteiger partial charge on any atom is -0.397 e. The van der Waals surface area contributed by atoms with E-state index in [1.807, 2.05) is 0 Å². The Hall–Kier alpha value is -1.59. The molecule has 0 bridgehead atoms. The van der Waals surface area contributed by atoms with Gasteiger partial charge in [-0.15, -0.1) is 0 Å². The number of nitrogens with two attached hydrogens (primary N) is 1. The monoisotopic (exact) mass is 342 g/mol. The van der Waals surface area contributed by atoms with E-state index in [1.54, 1.807) is 18.2 Å². The number of carbonyl (C=O) groups is 1.